The first-order valence-corrected chi connectivity index (χ1v) is 20.1. The van der Waals surface area contributed by atoms with Gasteiger partial charge in [-0.2, -0.15) is 0 Å². The Kier molecular flexibility index (Phi) is 7.30. The van der Waals surface area contributed by atoms with E-state index in [-0.39, 0.29) is 0 Å². The Bertz CT molecular complexity index is 3470. The molecule has 0 spiro atoms. The van der Waals surface area contributed by atoms with Gasteiger partial charge in [-0.15, -0.1) is 11.3 Å². The first kappa shape index (κ1) is 32.6. The van der Waals surface area contributed by atoms with Gasteiger partial charge in [0.25, 0.3) is 0 Å². The molecule has 0 fully saturated rings. The van der Waals surface area contributed by atoms with Gasteiger partial charge in [0, 0.05) is 38.7 Å². The molecule has 4 aromatic heterocycles. The molecule has 0 N–H and O–H groups in total. The Balaban J connectivity index is 1.13. The van der Waals surface area contributed by atoms with Gasteiger partial charge in [-0.3, -0.25) is 9.13 Å². The van der Waals surface area contributed by atoms with Gasteiger partial charge < -0.3 is 4.42 Å². The number of benzene rings is 8. The van der Waals surface area contributed by atoms with Crippen LogP contribution in [0.5, 0.6) is 0 Å². The Hall–Kier alpha value is -7.61. The lowest BCUT2D eigenvalue weighted by atomic mass is 10.0. The average Bonchev–Trinajstić information content (AvgIpc) is 4.08. The molecule has 7 heteroatoms. The van der Waals surface area contributed by atoms with E-state index in [1.165, 1.54) is 4.70 Å². The third-order valence-corrected chi connectivity index (χ3v) is 12.1. The van der Waals surface area contributed by atoms with Crippen molar-refractivity contribution >= 4 is 65.5 Å². The molecule has 12 aromatic rings. The van der Waals surface area contributed by atoms with Gasteiger partial charge in [0.15, 0.2) is 5.58 Å². The highest BCUT2D eigenvalue weighted by atomic mass is 32.1. The minimum Gasteiger partial charge on any atom is -0.435 e. The maximum Gasteiger partial charge on any atom is 0.227 e. The molecule has 8 aromatic carbocycles. The third kappa shape index (κ3) is 5.14. The Morgan fingerprint density at radius 2 is 1.05 bits per heavy atom. The SMILES string of the molecule is c1ccc(-c2cccc3c2nc(-n2c4ccc(-c5nc6cccc(-c7ccccc7)c6o5)cc4c4cc(-c5nc6ccccc6s5)ccc42)n3-c2ccccc2)cc1. The van der Waals surface area contributed by atoms with Gasteiger partial charge in [-0.05, 0) is 83.9 Å². The molecule has 0 atom stereocenters. The van der Waals surface area contributed by atoms with E-state index in [2.05, 4.69) is 161 Å². The monoisotopic (exact) mass is 761 g/mol. The summed E-state index contributed by atoms with van der Waals surface area (Å²) < 4.78 is 12.4. The minimum absolute atomic E-state index is 0.576. The molecule has 0 bridgehead atoms. The maximum absolute atomic E-state index is 6.65. The first-order chi connectivity index (χ1) is 28.7. The van der Waals surface area contributed by atoms with E-state index in [1.807, 2.05) is 36.4 Å². The predicted octanol–water partition coefficient (Wildman–Crippen LogP) is 13.5. The number of hydrogen-bond acceptors (Lipinski definition) is 5. The van der Waals surface area contributed by atoms with Crippen LogP contribution >= 0.6 is 11.3 Å². The van der Waals surface area contributed by atoms with Crippen LogP contribution in [0.2, 0.25) is 0 Å². The number of hydrogen-bond donors (Lipinski definition) is 0. The molecule has 4 heterocycles. The van der Waals surface area contributed by atoms with Crippen molar-refractivity contribution in [2.45, 2.75) is 0 Å². The summed E-state index contributed by atoms with van der Waals surface area (Å²) in [5.41, 5.74) is 13.9. The number of imidazole rings is 1. The Morgan fingerprint density at radius 1 is 0.431 bits per heavy atom. The van der Waals surface area contributed by atoms with Crippen LogP contribution < -0.4 is 0 Å². The molecule has 0 aliphatic carbocycles. The topological polar surface area (TPSA) is 61.7 Å². The molecule has 0 saturated carbocycles. The first-order valence-electron chi connectivity index (χ1n) is 19.3. The summed E-state index contributed by atoms with van der Waals surface area (Å²) in [6.07, 6.45) is 0. The zero-order valence-electron chi connectivity index (χ0n) is 31.0. The highest BCUT2D eigenvalue weighted by Gasteiger charge is 2.23. The number of rotatable bonds is 6. The van der Waals surface area contributed by atoms with Crippen molar-refractivity contribution in [1.29, 1.82) is 0 Å². The van der Waals surface area contributed by atoms with Crippen LogP contribution in [0.4, 0.5) is 0 Å². The largest absolute Gasteiger partial charge is 0.435 e. The van der Waals surface area contributed by atoms with Gasteiger partial charge >= 0.3 is 0 Å². The normalized spacial score (nSPS) is 11.8. The summed E-state index contributed by atoms with van der Waals surface area (Å²) in [5, 5.41) is 3.14. The van der Waals surface area contributed by atoms with E-state index in [0.29, 0.717) is 5.89 Å². The van der Waals surface area contributed by atoms with Crippen LogP contribution in [0.3, 0.4) is 0 Å². The molecular formula is C51H31N5OS. The zero-order valence-corrected chi connectivity index (χ0v) is 31.8. The molecule has 0 aliphatic heterocycles. The predicted molar refractivity (Wildman–Crippen MR) is 238 cm³/mol. The van der Waals surface area contributed by atoms with Crippen molar-refractivity contribution in [3.05, 3.63) is 188 Å². The fourth-order valence-corrected chi connectivity index (χ4v) is 9.30. The second kappa shape index (κ2) is 13.0. The van der Waals surface area contributed by atoms with Gasteiger partial charge in [-0.25, -0.2) is 15.0 Å². The molecular weight excluding hydrogens is 731 g/mol. The van der Waals surface area contributed by atoms with E-state index in [0.717, 1.165) is 99.5 Å². The highest BCUT2D eigenvalue weighted by Crippen LogP contribution is 2.41. The number of para-hydroxylation sites is 4. The van der Waals surface area contributed by atoms with Crippen molar-refractivity contribution in [3.8, 4) is 55.9 Å². The second-order valence-corrected chi connectivity index (χ2v) is 15.5. The number of fused-ring (bicyclic) bond motifs is 6. The molecule has 272 valence electrons. The lowest BCUT2D eigenvalue weighted by Crippen LogP contribution is -2.05. The van der Waals surface area contributed by atoms with Crippen LogP contribution in [0.1, 0.15) is 0 Å². The molecule has 0 radical (unpaired) electrons. The van der Waals surface area contributed by atoms with Crippen molar-refractivity contribution in [2.75, 3.05) is 0 Å². The summed E-state index contributed by atoms with van der Waals surface area (Å²) in [4.78, 5) is 15.6. The van der Waals surface area contributed by atoms with E-state index in [1.54, 1.807) is 11.3 Å². The van der Waals surface area contributed by atoms with Crippen LogP contribution in [-0.4, -0.2) is 24.1 Å². The minimum atomic E-state index is 0.576. The molecule has 0 saturated heterocycles. The molecule has 0 aliphatic rings. The molecule has 0 amide bonds. The number of aromatic nitrogens is 5. The quantitative estimate of drug-likeness (QED) is 0.169. The van der Waals surface area contributed by atoms with Gasteiger partial charge in [0.05, 0.1) is 32.3 Å². The van der Waals surface area contributed by atoms with Crippen molar-refractivity contribution in [1.82, 2.24) is 24.1 Å². The molecule has 58 heavy (non-hydrogen) atoms. The third-order valence-electron chi connectivity index (χ3n) is 11.0. The number of nitrogens with zero attached hydrogens (tertiary/aromatic N) is 5. The molecule has 12 rings (SSSR count). The van der Waals surface area contributed by atoms with Crippen molar-refractivity contribution < 1.29 is 4.42 Å². The summed E-state index contributed by atoms with van der Waals surface area (Å²) >= 11 is 1.71. The summed E-state index contributed by atoms with van der Waals surface area (Å²) in [7, 11) is 0. The van der Waals surface area contributed by atoms with Crippen molar-refractivity contribution in [3.63, 3.8) is 0 Å². The summed E-state index contributed by atoms with van der Waals surface area (Å²) in [5.74, 6) is 1.38. The van der Waals surface area contributed by atoms with E-state index < -0.39 is 0 Å². The van der Waals surface area contributed by atoms with Crippen LogP contribution in [0.15, 0.2) is 192 Å². The smallest absolute Gasteiger partial charge is 0.227 e. The second-order valence-electron chi connectivity index (χ2n) is 14.4. The van der Waals surface area contributed by atoms with E-state index >= 15 is 0 Å². The van der Waals surface area contributed by atoms with Gasteiger partial charge in [0.2, 0.25) is 11.8 Å². The van der Waals surface area contributed by atoms with Crippen LogP contribution in [0.25, 0.3) is 110 Å². The maximum atomic E-state index is 6.65. The van der Waals surface area contributed by atoms with Crippen LogP contribution in [0, 0.1) is 0 Å². The van der Waals surface area contributed by atoms with Gasteiger partial charge in [-0.1, -0.05) is 115 Å². The lowest BCUT2D eigenvalue weighted by molar-refractivity contribution is 0.621. The molecule has 6 nitrogen and oxygen atoms in total. The summed E-state index contributed by atoms with van der Waals surface area (Å²) in [6.45, 7) is 0. The van der Waals surface area contributed by atoms with E-state index in [9.17, 15) is 0 Å². The lowest BCUT2D eigenvalue weighted by Gasteiger charge is -2.12. The van der Waals surface area contributed by atoms with Gasteiger partial charge in [0.1, 0.15) is 10.5 Å². The standard InChI is InChI=1S/C51H31N5OS/c1-4-14-32(15-5-1)37-20-13-24-45-47(37)54-51(55(45)36-18-8-3-9-19-36)56-43-28-26-34(49-52-42-23-12-21-38(48(42)57-49)33-16-6-2-7-17-33)30-39(43)40-31-35(27-29-44(40)56)50-53-41-22-10-11-25-46(41)58-50/h1-31H. The Labute approximate surface area is 336 Å². The summed E-state index contributed by atoms with van der Waals surface area (Å²) in [6, 6.07) is 65.5. The highest BCUT2D eigenvalue weighted by molar-refractivity contribution is 7.21. The van der Waals surface area contributed by atoms with Crippen LogP contribution in [-0.2, 0) is 0 Å². The molecule has 0 unspecified atom stereocenters. The average molecular weight is 762 g/mol. The number of oxazole rings is 1. The van der Waals surface area contributed by atoms with E-state index in [4.69, 9.17) is 19.4 Å². The van der Waals surface area contributed by atoms with Crippen molar-refractivity contribution in [2.24, 2.45) is 0 Å². The zero-order chi connectivity index (χ0) is 38.2. The Morgan fingerprint density at radius 3 is 1.81 bits per heavy atom. The fourth-order valence-electron chi connectivity index (χ4n) is 8.34. The number of thiazole rings is 1. The fraction of sp³-hybridized carbons (Fsp3) is 0.